The SMILES string of the molecule is Cc1ccc(-n2c(N)c(C(=O)NCCN3CCCCC3)c3nc4ccccc4nc32)cc1. The van der Waals surface area contributed by atoms with Crippen LogP contribution in [0.2, 0.25) is 0 Å². The Morgan fingerprint density at radius 1 is 1.00 bits per heavy atom. The number of carbonyl (C=O) groups excluding carboxylic acids is 1. The van der Waals surface area contributed by atoms with Gasteiger partial charge in [-0.15, -0.1) is 0 Å². The van der Waals surface area contributed by atoms with Crippen molar-refractivity contribution in [3.05, 3.63) is 59.7 Å². The van der Waals surface area contributed by atoms with Crippen LogP contribution in [0.1, 0.15) is 35.2 Å². The number of fused-ring (bicyclic) bond motifs is 2. The highest BCUT2D eigenvalue weighted by Crippen LogP contribution is 2.31. The van der Waals surface area contributed by atoms with E-state index in [0.717, 1.165) is 41.9 Å². The van der Waals surface area contributed by atoms with E-state index in [-0.39, 0.29) is 5.91 Å². The van der Waals surface area contributed by atoms with Crippen molar-refractivity contribution in [3.8, 4) is 5.69 Å². The summed E-state index contributed by atoms with van der Waals surface area (Å²) < 4.78 is 1.83. The van der Waals surface area contributed by atoms with Crippen molar-refractivity contribution in [2.45, 2.75) is 26.2 Å². The zero-order valence-corrected chi connectivity index (χ0v) is 18.3. The molecule has 1 aliphatic heterocycles. The van der Waals surface area contributed by atoms with E-state index in [2.05, 4.69) is 10.2 Å². The number of nitrogens with zero attached hydrogens (tertiary/aromatic N) is 4. The summed E-state index contributed by atoms with van der Waals surface area (Å²) in [5.41, 5.74) is 11.6. The van der Waals surface area contributed by atoms with Gasteiger partial charge in [-0.05, 0) is 57.1 Å². The fraction of sp³-hybridized carbons (Fsp3) is 0.320. The number of amides is 1. The van der Waals surface area contributed by atoms with Crippen LogP contribution in [0, 0.1) is 6.92 Å². The number of aromatic nitrogens is 3. The van der Waals surface area contributed by atoms with Gasteiger partial charge in [-0.25, -0.2) is 9.97 Å². The van der Waals surface area contributed by atoms with Gasteiger partial charge in [-0.1, -0.05) is 36.2 Å². The number of hydrogen-bond acceptors (Lipinski definition) is 5. The molecule has 1 fully saturated rings. The van der Waals surface area contributed by atoms with Gasteiger partial charge in [0, 0.05) is 18.8 Å². The zero-order valence-electron chi connectivity index (χ0n) is 18.3. The Labute approximate surface area is 187 Å². The van der Waals surface area contributed by atoms with Gasteiger partial charge in [0.15, 0.2) is 5.65 Å². The number of nitrogens with two attached hydrogens (primary N) is 1. The first-order valence-corrected chi connectivity index (χ1v) is 11.3. The van der Waals surface area contributed by atoms with Crippen molar-refractivity contribution < 1.29 is 4.79 Å². The molecule has 1 amide bonds. The Hall–Kier alpha value is -3.45. The summed E-state index contributed by atoms with van der Waals surface area (Å²) in [6, 6.07) is 15.7. The van der Waals surface area contributed by atoms with Gasteiger partial charge in [-0.3, -0.25) is 9.36 Å². The quantitative estimate of drug-likeness (QED) is 0.506. The largest absolute Gasteiger partial charge is 0.384 e. The third-order valence-corrected chi connectivity index (χ3v) is 6.18. The van der Waals surface area contributed by atoms with Gasteiger partial charge in [0.2, 0.25) is 0 Å². The summed E-state index contributed by atoms with van der Waals surface area (Å²) in [7, 11) is 0. The minimum atomic E-state index is -0.208. The Morgan fingerprint density at radius 3 is 2.41 bits per heavy atom. The molecule has 2 aromatic carbocycles. The van der Waals surface area contributed by atoms with Crippen LogP contribution in [0.4, 0.5) is 5.82 Å². The second-order valence-electron chi connectivity index (χ2n) is 8.47. The van der Waals surface area contributed by atoms with Crippen molar-refractivity contribution in [1.29, 1.82) is 0 Å². The molecule has 0 bridgehead atoms. The van der Waals surface area contributed by atoms with Crippen LogP contribution in [0.3, 0.4) is 0 Å². The highest BCUT2D eigenvalue weighted by atomic mass is 16.1. The lowest BCUT2D eigenvalue weighted by Crippen LogP contribution is -2.37. The first-order chi connectivity index (χ1) is 15.6. The molecule has 7 nitrogen and oxygen atoms in total. The first-order valence-electron chi connectivity index (χ1n) is 11.3. The number of aryl methyl sites for hydroxylation is 1. The molecule has 0 aliphatic carbocycles. The van der Waals surface area contributed by atoms with Crippen LogP contribution in [-0.2, 0) is 0 Å². The lowest BCUT2D eigenvalue weighted by atomic mass is 10.1. The molecule has 5 rings (SSSR count). The van der Waals surface area contributed by atoms with E-state index in [1.807, 2.05) is 60.0 Å². The number of rotatable bonds is 5. The lowest BCUT2D eigenvalue weighted by Gasteiger charge is -2.26. The number of para-hydroxylation sites is 2. The second-order valence-corrected chi connectivity index (χ2v) is 8.47. The van der Waals surface area contributed by atoms with Crippen LogP contribution >= 0.6 is 0 Å². The van der Waals surface area contributed by atoms with Gasteiger partial charge in [-0.2, -0.15) is 0 Å². The van der Waals surface area contributed by atoms with Gasteiger partial charge >= 0.3 is 0 Å². The standard InChI is InChI=1S/C25H28N6O/c1-17-9-11-18(12-10-17)31-23(26)21(25(32)27-13-16-30-14-5-2-6-15-30)22-24(31)29-20-8-4-3-7-19(20)28-22/h3-4,7-12H,2,5-6,13-16,26H2,1H3,(H,27,32). The lowest BCUT2D eigenvalue weighted by molar-refractivity contribution is 0.0949. The molecule has 164 valence electrons. The molecule has 4 aromatic rings. The number of hydrogen-bond donors (Lipinski definition) is 2. The van der Waals surface area contributed by atoms with Crippen molar-refractivity contribution in [2.75, 3.05) is 31.9 Å². The van der Waals surface area contributed by atoms with Crippen molar-refractivity contribution >= 4 is 33.9 Å². The molecule has 2 aromatic heterocycles. The van der Waals surface area contributed by atoms with E-state index in [1.54, 1.807) is 0 Å². The predicted octanol–water partition coefficient (Wildman–Crippen LogP) is 3.68. The minimum Gasteiger partial charge on any atom is -0.384 e. The summed E-state index contributed by atoms with van der Waals surface area (Å²) in [6.45, 7) is 5.66. The molecule has 0 unspecified atom stereocenters. The van der Waals surface area contributed by atoms with Crippen molar-refractivity contribution in [3.63, 3.8) is 0 Å². The third kappa shape index (κ3) is 3.80. The second kappa shape index (κ2) is 8.59. The Bertz CT molecular complexity index is 1270. The summed E-state index contributed by atoms with van der Waals surface area (Å²) in [5.74, 6) is 0.148. The van der Waals surface area contributed by atoms with E-state index in [0.29, 0.717) is 29.1 Å². The topological polar surface area (TPSA) is 89.1 Å². The molecule has 0 atom stereocenters. The molecule has 3 heterocycles. The van der Waals surface area contributed by atoms with Crippen molar-refractivity contribution in [1.82, 2.24) is 24.8 Å². The monoisotopic (exact) mass is 428 g/mol. The highest BCUT2D eigenvalue weighted by Gasteiger charge is 2.24. The van der Waals surface area contributed by atoms with Crippen LogP contribution in [0.15, 0.2) is 48.5 Å². The molecule has 7 heteroatoms. The normalized spacial score (nSPS) is 14.8. The molecule has 32 heavy (non-hydrogen) atoms. The van der Waals surface area contributed by atoms with Gasteiger partial charge in [0.1, 0.15) is 16.9 Å². The summed E-state index contributed by atoms with van der Waals surface area (Å²) in [6.07, 6.45) is 3.76. The Balaban J connectivity index is 1.54. The molecular formula is C25H28N6O. The average molecular weight is 429 g/mol. The molecule has 1 aliphatic rings. The fourth-order valence-corrected chi connectivity index (χ4v) is 4.44. The van der Waals surface area contributed by atoms with E-state index in [9.17, 15) is 4.79 Å². The van der Waals surface area contributed by atoms with Gasteiger partial charge in [0.25, 0.3) is 5.91 Å². The third-order valence-electron chi connectivity index (χ3n) is 6.18. The summed E-state index contributed by atoms with van der Waals surface area (Å²) in [5, 5.41) is 3.06. The zero-order chi connectivity index (χ0) is 22.1. The molecular weight excluding hydrogens is 400 g/mol. The molecule has 0 saturated carbocycles. The molecule has 3 N–H and O–H groups in total. The Kier molecular flexibility index (Phi) is 5.49. The number of likely N-dealkylation sites (tertiary alicyclic amines) is 1. The van der Waals surface area contributed by atoms with E-state index < -0.39 is 0 Å². The number of nitrogen functional groups attached to an aromatic ring is 1. The number of anilines is 1. The first kappa shape index (κ1) is 20.5. The fourth-order valence-electron chi connectivity index (χ4n) is 4.44. The smallest absolute Gasteiger partial charge is 0.257 e. The minimum absolute atomic E-state index is 0.208. The summed E-state index contributed by atoms with van der Waals surface area (Å²) >= 11 is 0. The summed E-state index contributed by atoms with van der Waals surface area (Å²) in [4.78, 5) is 25.3. The van der Waals surface area contributed by atoms with Crippen LogP contribution in [0.5, 0.6) is 0 Å². The molecule has 0 radical (unpaired) electrons. The Morgan fingerprint density at radius 2 is 1.69 bits per heavy atom. The highest BCUT2D eigenvalue weighted by molar-refractivity contribution is 6.11. The molecule has 1 saturated heterocycles. The van der Waals surface area contributed by atoms with Gasteiger partial charge < -0.3 is 16.0 Å². The van der Waals surface area contributed by atoms with Crippen LogP contribution < -0.4 is 11.1 Å². The maximum atomic E-state index is 13.3. The van der Waals surface area contributed by atoms with E-state index in [1.165, 1.54) is 19.3 Å². The maximum absolute atomic E-state index is 13.3. The predicted molar refractivity (Wildman–Crippen MR) is 128 cm³/mol. The van der Waals surface area contributed by atoms with Crippen LogP contribution in [0.25, 0.3) is 27.9 Å². The maximum Gasteiger partial charge on any atom is 0.257 e. The van der Waals surface area contributed by atoms with Crippen LogP contribution in [-0.4, -0.2) is 51.5 Å². The van der Waals surface area contributed by atoms with E-state index >= 15 is 0 Å². The van der Waals surface area contributed by atoms with E-state index in [4.69, 9.17) is 15.7 Å². The number of benzene rings is 2. The van der Waals surface area contributed by atoms with Crippen molar-refractivity contribution in [2.24, 2.45) is 0 Å². The number of nitrogens with one attached hydrogen (secondary N) is 1. The van der Waals surface area contributed by atoms with Gasteiger partial charge in [0.05, 0.1) is 11.0 Å². The number of carbonyl (C=O) groups is 1. The number of piperidine rings is 1. The average Bonchev–Trinajstić information content (AvgIpc) is 3.09. The molecule has 0 spiro atoms.